The van der Waals surface area contributed by atoms with Crippen molar-refractivity contribution in [3.63, 3.8) is 0 Å². The van der Waals surface area contributed by atoms with E-state index in [1.54, 1.807) is 11.3 Å². The van der Waals surface area contributed by atoms with Crippen molar-refractivity contribution in [1.82, 2.24) is 0 Å². The molecule has 0 aliphatic heterocycles. The van der Waals surface area contributed by atoms with Crippen molar-refractivity contribution in [2.24, 2.45) is 0 Å². The molecular formula is C13H15NS2. The molecular weight excluding hydrogens is 234 g/mol. The Balaban J connectivity index is 2.16. The van der Waals surface area contributed by atoms with Gasteiger partial charge in [0.1, 0.15) is 0 Å². The fraction of sp³-hybridized carbons (Fsp3) is 0.231. The maximum Gasteiger partial charge on any atom is 0.0467 e. The van der Waals surface area contributed by atoms with Gasteiger partial charge in [0.15, 0.2) is 0 Å². The summed E-state index contributed by atoms with van der Waals surface area (Å²) in [5.41, 5.74) is 6.90. The van der Waals surface area contributed by atoms with Crippen molar-refractivity contribution in [1.29, 1.82) is 0 Å². The third-order valence-electron chi connectivity index (χ3n) is 2.41. The van der Waals surface area contributed by atoms with Gasteiger partial charge in [-0.25, -0.2) is 0 Å². The van der Waals surface area contributed by atoms with E-state index in [2.05, 4.69) is 36.6 Å². The molecule has 1 atom stereocenters. The second-order valence-electron chi connectivity index (χ2n) is 3.57. The average molecular weight is 249 g/mol. The molecule has 0 amide bonds. The molecule has 1 aromatic carbocycles. The van der Waals surface area contributed by atoms with Crippen molar-refractivity contribution < 1.29 is 0 Å². The van der Waals surface area contributed by atoms with Gasteiger partial charge in [-0.3, -0.25) is 0 Å². The monoisotopic (exact) mass is 249 g/mol. The SMILES string of the molecule is CCC(Sc1ccccc1)c1sccc1N. The maximum atomic E-state index is 5.97. The summed E-state index contributed by atoms with van der Waals surface area (Å²) in [6.45, 7) is 2.21. The van der Waals surface area contributed by atoms with Crippen LogP contribution in [0.1, 0.15) is 23.5 Å². The maximum absolute atomic E-state index is 5.97. The second kappa shape index (κ2) is 5.41. The van der Waals surface area contributed by atoms with E-state index in [9.17, 15) is 0 Å². The van der Waals surface area contributed by atoms with Gasteiger partial charge in [0.05, 0.1) is 0 Å². The topological polar surface area (TPSA) is 26.0 Å². The second-order valence-corrected chi connectivity index (χ2v) is 5.79. The van der Waals surface area contributed by atoms with Crippen LogP contribution in [0.3, 0.4) is 0 Å². The van der Waals surface area contributed by atoms with Crippen molar-refractivity contribution in [2.45, 2.75) is 23.5 Å². The van der Waals surface area contributed by atoms with Gasteiger partial charge < -0.3 is 5.73 Å². The molecule has 0 bridgehead atoms. The van der Waals surface area contributed by atoms with Gasteiger partial charge in [-0.15, -0.1) is 23.1 Å². The first kappa shape index (κ1) is 11.6. The zero-order valence-electron chi connectivity index (χ0n) is 9.22. The molecule has 0 saturated carbocycles. The van der Waals surface area contributed by atoms with E-state index in [1.165, 1.54) is 9.77 Å². The summed E-state index contributed by atoms with van der Waals surface area (Å²) in [6.07, 6.45) is 1.10. The lowest BCUT2D eigenvalue weighted by atomic mass is 10.2. The van der Waals surface area contributed by atoms with E-state index < -0.39 is 0 Å². The first-order valence-electron chi connectivity index (χ1n) is 5.36. The molecule has 16 heavy (non-hydrogen) atoms. The van der Waals surface area contributed by atoms with Crippen molar-refractivity contribution in [2.75, 3.05) is 5.73 Å². The predicted octanol–water partition coefficient (Wildman–Crippen LogP) is 4.57. The van der Waals surface area contributed by atoms with Gasteiger partial charge in [-0.1, -0.05) is 25.1 Å². The Hall–Kier alpha value is -0.930. The molecule has 0 spiro atoms. The fourth-order valence-corrected chi connectivity index (χ4v) is 3.83. The van der Waals surface area contributed by atoms with E-state index in [4.69, 9.17) is 5.73 Å². The number of anilines is 1. The van der Waals surface area contributed by atoms with E-state index in [-0.39, 0.29) is 0 Å². The molecule has 2 N–H and O–H groups in total. The molecule has 1 nitrogen and oxygen atoms in total. The highest BCUT2D eigenvalue weighted by Crippen LogP contribution is 2.42. The molecule has 0 saturated heterocycles. The number of thioether (sulfide) groups is 1. The van der Waals surface area contributed by atoms with Crippen LogP contribution >= 0.6 is 23.1 Å². The molecule has 3 heteroatoms. The van der Waals surface area contributed by atoms with Crippen LogP contribution in [0.4, 0.5) is 5.69 Å². The molecule has 2 rings (SSSR count). The first-order chi connectivity index (χ1) is 7.81. The number of nitrogen functional groups attached to an aromatic ring is 1. The predicted molar refractivity (Wildman–Crippen MR) is 74.1 cm³/mol. The van der Waals surface area contributed by atoms with E-state index >= 15 is 0 Å². The van der Waals surface area contributed by atoms with Crippen molar-refractivity contribution >= 4 is 28.8 Å². The molecule has 0 fully saturated rings. The highest BCUT2D eigenvalue weighted by Gasteiger charge is 2.14. The minimum atomic E-state index is 0.474. The molecule has 1 heterocycles. The highest BCUT2D eigenvalue weighted by molar-refractivity contribution is 7.99. The lowest BCUT2D eigenvalue weighted by Crippen LogP contribution is -1.94. The van der Waals surface area contributed by atoms with Crippen molar-refractivity contribution in [3.8, 4) is 0 Å². The number of benzene rings is 1. The molecule has 0 aliphatic rings. The van der Waals surface area contributed by atoms with E-state index in [0.717, 1.165) is 12.1 Å². The van der Waals surface area contributed by atoms with Crippen LogP contribution < -0.4 is 5.73 Å². The third-order valence-corrected chi connectivity index (χ3v) is 5.01. The zero-order chi connectivity index (χ0) is 11.4. The number of rotatable bonds is 4. The van der Waals surface area contributed by atoms with Crippen LogP contribution in [0.2, 0.25) is 0 Å². The molecule has 1 aromatic heterocycles. The van der Waals surface area contributed by atoms with Gasteiger partial charge in [0.25, 0.3) is 0 Å². The molecule has 2 aromatic rings. The Morgan fingerprint density at radius 1 is 1.25 bits per heavy atom. The Labute approximate surface area is 105 Å². The summed E-state index contributed by atoms with van der Waals surface area (Å²) in [5.74, 6) is 0. The summed E-state index contributed by atoms with van der Waals surface area (Å²) in [7, 11) is 0. The molecule has 1 unspecified atom stereocenters. The van der Waals surface area contributed by atoms with Crippen LogP contribution in [0, 0.1) is 0 Å². The number of thiophene rings is 1. The highest BCUT2D eigenvalue weighted by atomic mass is 32.2. The van der Waals surface area contributed by atoms with Gasteiger partial charge in [-0.2, -0.15) is 0 Å². The van der Waals surface area contributed by atoms with Crippen LogP contribution in [0.25, 0.3) is 0 Å². The Bertz CT molecular complexity index is 436. The van der Waals surface area contributed by atoms with Gasteiger partial charge >= 0.3 is 0 Å². The fourth-order valence-electron chi connectivity index (χ4n) is 1.58. The van der Waals surface area contributed by atoms with Crippen LogP contribution in [-0.4, -0.2) is 0 Å². The summed E-state index contributed by atoms with van der Waals surface area (Å²) in [6, 6.07) is 12.5. The quantitative estimate of drug-likeness (QED) is 0.803. The Morgan fingerprint density at radius 3 is 2.56 bits per heavy atom. The zero-order valence-corrected chi connectivity index (χ0v) is 10.9. The van der Waals surface area contributed by atoms with Gasteiger partial charge in [0, 0.05) is 20.7 Å². The number of hydrogen-bond acceptors (Lipinski definition) is 3. The van der Waals surface area contributed by atoms with Crippen LogP contribution in [-0.2, 0) is 0 Å². The number of hydrogen-bond donors (Lipinski definition) is 1. The first-order valence-corrected chi connectivity index (χ1v) is 7.11. The van der Waals surface area contributed by atoms with Gasteiger partial charge in [-0.05, 0) is 30.0 Å². The summed E-state index contributed by atoms with van der Waals surface area (Å²) >= 11 is 3.65. The minimum absolute atomic E-state index is 0.474. The number of nitrogens with two attached hydrogens (primary N) is 1. The standard InChI is InChI=1S/C13H15NS2/c1-2-12(13-11(14)8-9-15-13)16-10-6-4-3-5-7-10/h3-9,12H,2,14H2,1H3. The average Bonchev–Trinajstić information content (AvgIpc) is 2.74. The van der Waals surface area contributed by atoms with Crippen LogP contribution in [0.5, 0.6) is 0 Å². The molecule has 84 valence electrons. The smallest absolute Gasteiger partial charge is 0.0467 e. The van der Waals surface area contributed by atoms with Crippen molar-refractivity contribution in [3.05, 3.63) is 46.7 Å². The summed E-state index contributed by atoms with van der Waals surface area (Å²) in [4.78, 5) is 2.61. The summed E-state index contributed by atoms with van der Waals surface area (Å²) in [5, 5.41) is 2.54. The summed E-state index contributed by atoms with van der Waals surface area (Å²) < 4.78 is 0. The molecule has 0 aliphatic carbocycles. The van der Waals surface area contributed by atoms with E-state index in [0.29, 0.717) is 5.25 Å². The Morgan fingerprint density at radius 2 is 2.00 bits per heavy atom. The lowest BCUT2D eigenvalue weighted by Gasteiger charge is -2.13. The van der Waals surface area contributed by atoms with Crippen LogP contribution in [0.15, 0.2) is 46.7 Å². The lowest BCUT2D eigenvalue weighted by molar-refractivity contribution is 0.914. The normalized spacial score (nSPS) is 12.6. The third kappa shape index (κ3) is 2.60. The minimum Gasteiger partial charge on any atom is -0.398 e. The van der Waals surface area contributed by atoms with Gasteiger partial charge in [0.2, 0.25) is 0 Å². The van der Waals surface area contributed by atoms with E-state index in [1.807, 2.05) is 23.9 Å². The largest absolute Gasteiger partial charge is 0.398 e. The molecule has 0 radical (unpaired) electrons. The Kier molecular flexibility index (Phi) is 3.91.